The maximum Gasteiger partial charge on any atom is 0.226 e. The zero-order valence-electron chi connectivity index (χ0n) is 16.8. The number of aromatic hydroxyl groups is 1. The number of anilines is 2. The molecule has 0 fully saturated rings. The van der Waals surface area contributed by atoms with Crippen LogP contribution in [0.5, 0.6) is 5.75 Å². The monoisotopic (exact) mass is 418 g/mol. The molecule has 0 radical (unpaired) electrons. The Morgan fingerprint density at radius 1 is 1.13 bits per heavy atom. The highest BCUT2D eigenvalue weighted by molar-refractivity contribution is 7.21. The van der Waals surface area contributed by atoms with Crippen LogP contribution in [0, 0.1) is 6.92 Å². The molecule has 0 spiro atoms. The van der Waals surface area contributed by atoms with Gasteiger partial charge in [0.25, 0.3) is 0 Å². The third-order valence-electron chi connectivity index (χ3n) is 4.83. The number of benzene rings is 2. The number of thiophene rings is 1. The number of hydrogen-bond donors (Lipinski definition) is 2. The number of carbonyl (C=O) groups is 1. The molecule has 1 amide bonds. The first kappa shape index (κ1) is 19.8. The van der Waals surface area contributed by atoms with E-state index in [0.717, 1.165) is 32.0 Å². The zero-order valence-corrected chi connectivity index (χ0v) is 17.6. The summed E-state index contributed by atoms with van der Waals surface area (Å²) in [6, 6.07) is 17.4. The van der Waals surface area contributed by atoms with Gasteiger partial charge in [-0.15, -0.1) is 11.3 Å². The highest BCUT2D eigenvalue weighted by atomic mass is 32.1. The topological polar surface area (TPSA) is 78.4 Å². The maximum atomic E-state index is 12.4. The lowest BCUT2D eigenvalue weighted by Crippen LogP contribution is -2.24. The molecule has 0 aliphatic heterocycles. The van der Waals surface area contributed by atoms with Crippen molar-refractivity contribution < 1.29 is 9.90 Å². The van der Waals surface area contributed by atoms with Crippen LogP contribution >= 0.6 is 11.3 Å². The number of phenols is 1. The Labute approximate surface area is 178 Å². The highest BCUT2D eigenvalue weighted by Crippen LogP contribution is 2.35. The van der Waals surface area contributed by atoms with Crippen molar-refractivity contribution in [3.8, 4) is 16.2 Å². The fourth-order valence-corrected chi connectivity index (χ4v) is 4.23. The van der Waals surface area contributed by atoms with Gasteiger partial charge in [-0.2, -0.15) is 0 Å². The van der Waals surface area contributed by atoms with E-state index in [4.69, 9.17) is 0 Å². The summed E-state index contributed by atoms with van der Waals surface area (Å²) in [6.45, 7) is 2.40. The first-order chi connectivity index (χ1) is 14.5. The van der Waals surface area contributed by atoms with Crippen molar-refractivity contribution in [1.29, 1.82) is 0 Å². The van der Waals surface area contributed by atoms with Crippen molar-refractivity contribution in [2.75, 3.05) is 23.8 Å². The van der Waals surface area contributed by atoms with E-state index in [1.807, 2.05) is 37.1 Å². The van der Waals surface area contributed by atoms with Crippen molar-refractivity contribution in [2.45, 2.75) is 13.3 Å². The first-order valence-electron chi connectivity index (χ1n) is 9.62. The molecule has 0 aliphatic carbocycles. The molecule has 6 nitrogen and oxygen atoms in total. The molecule has 0 bridgehead atoms. The summed E-state index contributed by atoms with van der Waals surface area (Å²) in [6.07, 6.45) is 1.83. The quantitative estimate of drug-likeness (QED) is 0.438. The lowest BCUT2D eigenvalue weighted by Gasteiger charge is -2.18. The van der Waals surface area contributed by atoms with Crippen molar-refractivity contribution in [1.82, 2.24) is 9.97 Å². The van der Waals surface area contributed by atoms with Crippen LogP contribution in [-0.2, 0) is 4.79 Å². The lowest BCUT2D eigenvalue weighted by atomic mass is 10.2. The van der Waals surface area contributed by atoms with Gasteiger partial charge in [-0.05, 0) is 36.2 Å². The smallest absolute Gasteiger partial charge is 0.226 e. The first-order valence-corrected chi connectivity index (χ1v) is 10.4. The number of hydrogen-bond acceptors (Lipinski definition) is 6. The summed E-state index contributed by atoms with van der Waals surface area (Å²) in [5.41, 5.74) is 2.54. The minimum absolute atomic E-state index is 0.0616. The largest absolute Gasteiger partial charge is 0.506 e. The van der Waals surface area contributed by atoms with Gasteiger partial charge in [0, 0.05) is 24.9 Å². The molecule has 30 heavy (non-hydrogen) atoms. The predicted molar refractivity (Wildman–Crippen MR) is 122 cm³/mol. The SMILES string of the molecule is Cc1ccc(O)c(NC(=O)CCN(C)c2ncnc3sc(-c4ccccc4)cc23)c1. The van der Waals surface area contributed by atoms with E-state index < -0.39 is 0 Å². The molecule has 4 aromatic rings. The van der Waals surface area contributed by atoms with Crippen molar-refractivity contribution in [3.05, 3.63) is 66.5 Å². The third-order valence-corrected chi connectivity index (χ3v) is 5.92. The molecule has 0 saturated carbocycles. The average molecular weight is 419 g/mol. The van der Waals surface area contributed by atoms with Crippen molar-refractivity contribution in [2.24, 2.45) is 0 Å². The lowest BCUT2D eigenvalue weighted by molar-refractivity contribution is -0.116. The Morgan fingerprint density at radius 3 is 2.73 bits per heavy atom. The third kappa shape index (κ3) is 4.26. The van der Waals surface area contributed by atoms with Crippen LogP contribution in [0.3, 0.4) is 0 Å². The summed E-state index contributed by atoms with van der Waals surface area (Å²) in [7, 11) is 1.92. The van der Waals surface area contributed by atoms with Crippen LogP contribution in [0.1, 0.15) is 12.0 Å². The number of nitrogens with one attached hydrogen (secondary N) is 1. The number of phenolic OH excluding ortho intramolecular Hbond substituents is 1. The van der Waals surface area contributed by atoms with Crippen molar-refractivity contribution in [3.63, 3.8) is 0 Å². The maximum absolute atomic E-state index is 12.4. The van der Waals surface area contributed by atoms with E-state index in [1.165, 1.54) is 0 Å². The van der Waals surface area contributed by atoms with Gasteiger partial charge in [0.15, 0.2) is 0 Å². The second-order valence-corrected chi connectivity index (χ2v) is 8.16. The minimum atomic E-state index is -0.164. The van der Waals surface area contributed by atoms with Gasteiger partial charge < -0.3 is 15.3 Å². The summed E-state index contributed by atoms with van der Waals surface area (Å²) in [4.78, 5) is 25.3. The Bertz CT molecular complexity index is 1190. The van der Waals surface area contributed by atoms with Crippen LogP contribution in [0.4, 0.5) is 11.5 Å². The summed E-state index contributed by atoms with van der Waals surface area (Å²) >= 11 is 1.63. The zero-order chi connectivity index (χ0) is 21.1. The molecular weight excluding hydrogens is 396 g/mol. The van der Waals surface area contributed by atoms with Crippen LogP contribution < -0.4 is 10.2 Å². The molecule has 0 unspecified atom stereocenters. The van der Waals surface area contributed by atoms with E-state index in [9.17, 15) is 9.90 Å². The Balaban J connectivity index is 1.48. The second-order valence-electron chi connectivity index (χ2n) is 7.13. The van der Waals surface area contributed by atoms with Gasteiger partial charge in [-0.3, -0.25) is 4.79 Å². The molecule has 2 heterocycles. The van der Waals surface area contributed by atoms with Crippen LogP contribution in [-0.4, -0.2) is 34.6 Å². The molecule has 0 aliphatic rings. The summed E-state index contributed by atoms with van der Waals surface area (Å²) in [5, 5.41) is 13.7. The fraction of sp³-hybridized carbons (Fsp3) is 0.174. The van der Waals surface area contributed by atoms with Gasteiger partial charge >= 0.3 is 0 Å². The fourth-order valence-electron chi connectivity index (χ4n) is 3.23. The standard InChI is InChI=1S/C23H22N4O2S/c1-15-8-9-19(28)18(12-15)26-21(29)10-11-27(2)22-17-13-20(16-6-4-3-5-7-16)30-23(17)25-14-24-22/h3-9,12-14,28H,10-11H2,1-2H3,(H,26,29). The van der Waals surface area contributed by atoms with Crippen LogP contribution in [0.2, 0.25) is 0 Å². The van der Waals surface area contributed by atoms with E-state index in [0.29, 0.717) is 12.2 Å². The Morgan fingerprint density at radius 2 is 1.93 bits per heavy atom. The van der Waals surface area contributed by atoms with E-state index in [2.05, 4.69) is 33.5 Å². The van der Waals surface area contributed by atoms with E-state index in [-0.39, 0.29) is 18.1 Å². The molecular formula is C23H22N4O2S. The van der Waals surface area contributed by atoms with Gasteiger partial charge in [-0.1, -0.05) is 36.4 Å². The summed E-state index contributed by atoms with van der Waals surface area (Å²) < 4.78 is 0. The molecule has 2 aromatic carbocycles. The molecule has 2 N–H and O–H groups in total. The highest BCUT2D eigenvalue weighted by Gasteiger charge is 2.14. The molecule has 4 rings (SSSR count). The number of rotatable bonds is 6. The predicted octanol–water partition coefficient (Wildman–Crippen LogP) is 4.84. The molecule has 2 aromatic heterocycles. The van der Waals surface area contributed by atoms with Crippen molar-refractivity contribution >= 4 is 39.0 Å². The van der Waals surface area contributed by atoms with Gasteiger partial charge in [0.1, 0.15) is 22.7 Å². The van der Waals surface area contributed by atoms with Crippen LogP contribution in [0.25, 0.3) is 20.7 Å². The van der Waals surface area contributed by atoms with E-state index >= 15 is 0 Å². The Kier molecular flexibility index (Phi) is 5.63. The Hall–Kier alpha value is -3.45. The van der Waals surface area contributed by atoms with Crippen LogP contribution in [0.15, 0.2) is 60.9 Å². The van der Waals surface area contributed by atoms with Gasteiger partial charge in [0.2, 0.25) is 5.91 Å². The number of nitrogens with zero attached hydrogens (tertiary/aromatic N) is 3. The molecule has 7 heteroatoms. The minimum Gasteiger partial charge on any atom is -0.506 e. The van der Waals surface area contributed by atoms with Gasteiger partial charge in [-0.25, -0.2) is 9.97 Å². The number of carbonyl (C=O) groups excluding carboxylic acids is 1. The molecule has 0 atom stereocenters. The molecule has 152 valence electrons. The summed E-state index contributed by atoms with van der Waals surface area (Å²) in [5.74, 6) is 0.694. The number of aryl methyl sites for hydroxylation is 1. The van der Waals surface area contributed by atoms with E-state index in [1.54, 1.807) is 35.9 Å². The van der Waals surface area contributed by atoms with Gasteiger partial charge in [0.05, 0.1) is 11.1 Å². The number of aromatic nitrogens is 2. The number of amides is 1. The average Bonchev–Trinajstić information content (AvgIpc) is 3.20. The second kappa shape index (κ2) is 8.51. The normalized spacial score (nSPS) is 10.9. The molecule has 0 saturated heterocycles. The number of fused-ring (bicyclic) bond motifs is 1.